The van der Waals surface area contributed by atoms with Gasteiger partial charge in [-0.15, -0.1) is 0 Å². The Morgan fingerprint density at radius 3 is 2.65 bits per heavy atom. The van der Waals surface area contributed by atoms with Gasteiger partial charge in [0.2, 0.25) is 0 Å². The van der Waals surface area contributed by atoms with Gasteiger partial charge in [-0.1, -0.05) is 88.4 Å². The van der Waals surface area contributed by atoms with Crippen molar-refractivity contribution in [3.8, 4) is 5.75 Å². The number of rotatable bonds is 5. The van der Waals surface area contributed by atoms with E-state index in [-0.39, 0.29) is 5.91 Å². The van der Waals surface area contributed by atoms with Gasteiger partial charge in [-0.25, -0.2) is 4.39 Å². The second-order valence-electron chi connectivity index (χ2n) is 7.61. The fourth-order valence-electron chi connectivity index (χ4n) is 3.78. The second kappa shape index (κ2) is 9.70. The molecule has 1 aliphatic heterocycles. The Balaban J connectivity index is 1.44. The minimum absolute atomic E-state index is 0.291. The molecule has 7 heteroatoms. The summed E-state index contributed by atoms with van der Waals surface area (Å²) >= 11 is 10.1. The Labute approximate surface area is 214 Å². The van der Waals surface area contributed by atoms with Crippen molar-refractivity contribution in [2.45, 2.75) is 6.61 Å². The molecular formula is C27H17BrFNO2S2. The number of amides is 1. The quantitative estimate of drug-likeness (QED) is 0.188. The largest absolute Gasteiger partial charge is 0.488 e. The lowest BCUT2D eigenvalue weighted by atomic mass is 10.1. The van der Waals surface area contributed by atoms with Gasteiger partial charge in [0.15, 0.2) is 4.32 Å². The molecule has 168 valence electrons. The fraction of sp³-hybridized carbons (Fsp3) is 0.0370. The first-order valence-electron chi connectivity index (χ1n) is 10.4. The maximum Gasteiger partial charge on any atom is 0.270 e. The minimum Gasteiger partial charge on any atom is -0.488 e. The number of hydrogen-bond acceptors (Lipinski definition) is 4. The molecule has 0 N–H and O–H groups in total. The van der Waals surface area contributed by atoms with Crippen molar-refractivity contribution in [2.24, 2.45) is 0 Å². The van der Waals surface area contributed by atoms with E-state index in [1.807, 2.05) is 42.5 Å². The maximum atomic E-state index is 13.7. The number of fused-ring (bicyclic) bond motifs is 1. The van der Waals surface area contributed by atoms with Crippen LogP contribution >= 0.6 is 39.9 Å². The van der Waals surface area contributed by atoms with Crippen LogP contribution in [0.2, 0.25) is 0 Å². The van der Waals surface area contributed by atoms with Crippen LogP contribution < -0.4 is 9.64 Å². The van der Waals surface area contributed by atoms with Gasteiger partial charge >= 0.3 is 0 Å². The van der Waals surface area contributed by atoms with Crippen molar-refractivity contribution >= 4 is 72.7 Å². The average molecular weight is 550 g/mol. The zero-order chi connectivity index (χ0) is 23.7. The molecule has 0 spiro atoms. The molecule has 4 aromatic carbocycles. The van der Waals surface area contributed by atoms with Crippen LogP contribution in [0, 0.1) is 5.82 Å². The van der Waals surface area contributed by atoms with E-state index in [9.17, 15) is 9.18 Å². The summed E-state index contributed by atoms with van der Waals surface area (Å²) < 4.78 is 21.1. The molecule has 0 bridgehead atoms. The third-order valence-electron chi connectivity index (χ3n) is 5.38. The molecular weight excluding hydrogens is 533 g/mol. The summed E-state index contributed by atoms with van der Waals surface area (Å²) in [6, 6.07) is 25.8. The first kappa shape index (κ1) is 22.8. The first-order valence-corrected chi connectivity index (χ1v) is 12.4. The number of anilines is 1. The van der Waals surface area contributed by atoms with Crippen molar-refractivity contribution in [3.63, 3.8) is 0 Å². The molecule has 34 heavy (non-hydrogen) atoms. The zero-order valence-electron chi connectivity index (χ0n) is 17.7. The minimum atomic E-state index is -0.424. The van der Waals surface area contributed by atoms with Crippen molar-refractivity contribution in [3.05, 3.63) is 111 Å². The van der Waals surface area contributed by atoms with E-state index in [4.69, 9.17) is 17.0 Å². The van der Waals surface area contributed by atoms with E-state index < -0.39 is 5.82 Å². The predicted octanol–water partition coefficient (Wildman–Crippen LogP) is 7.73. The molecule has 1 saturated heterocycles. The third-order valence-corrected chi connectivity index (χ3v) is 7.18. The van der Waals surface area contributed by atoms with Gasteiger partial charge < -0.3 is 4.74 Å². The number of carbonyl (C=O) groups excluding carboxylic acids is 1. The van der Waals surface area contributed by atoms with Crippen molar-refractivity contribution in [1.29, 1.82) is 0 Å². The van der Waals surface area contributed by atoms with Gasteiger partial charge in [0.05, 0.1) is 10.6 Å². The summed E-state index contributed by atoms with van der Waals surface area (Å²) in [6.07, 6.45) is 1.77. The van der Waals surface area contributed by atoms with Crippen molar-refractivity contribution in [2.75, 3.05) is 4.90 Å². The fourth-order valence-corrected chi connectivity index (χ4v) is 5.45. The van der Waals surface area contributed by atoms with Crippen LogP contribution in [-0.4, -0.2) is 10.2 Å². The Morgan fingerprint density at radius 2 is 1.79 bits per heavy atom. The van der Waals surface area contributed by atoms with Crippen LogP contribution in [0.1, 0.15) is 11.1 Å². The summed E-state index contributed by atoms with van der Waals surface area (Å²) in [5, 5.41) is 2.29. The lowest BCUT2D eigenvalue weighted by Crippen LogP contribution is -2.27. The summed E-state index contributed by atoms with van der Waals surface area (Å²) in [5.41, 5.74) is 2.23. The Morgan fingerprint density at radius 1 is 1.00 bits per heavy atom. The van der Waals surface area contributed by atoms with E-state index in [1.165, 1.54) is 28.8 Å². The monoisotopic (exact) mass is 549 g/mol. The number of thiocarbonyl (C=S) groups is 1. The molecule has 0 atom stereocenters. The highest BCUT2D eigenvalue weighted by atomic mass is 79.9. The molecule has 0 saturated carbocycles. The molecule has 1 heterocycles. The third kappa shape index (κ3) is 4.64. The molecule has 1 fully saturated rings. The molecule has 1 amide bonds. The number of thioether (sulfide) groups is 1. The number of ether oxygens (including phenoxy) is 1. The van der Waals surface area contributed by atoms with E-state index >= 15 is 0 Å². The Bertz CT molecular complexity index is 1460. The molecule has 4 aromatic rings. The van der Waals surface area contributed by atoms with Crippen LogP contribution in [0.4, 0.5) is 10.1 Å². The number of hydrogen-bond donors (Lipinski definition) is 0. The molecule has 0 radical (unpaired) electrons. The SMILES string of the molecule is O=C1/C(=C\c2cc(Br)ccc2OCc2cccc3ccccc23)SC(=S)N1c1cccc(F)c1. The van der Waals surface area contributed by atoms with Gasteiger partial charge in [0.1, 0.15) is 18.2 Å². The van der Waals surface area contributed by atoms with Crippen LogP contribution in [0.3, 0.4) is 0 Å². The van der Waals surface area contributed by atoms with Crippen LogP contribution in [0.5, 0.6) is 5.75 Å². The predicted molar refractivity (Wildman–Crippen MR) is 144 cm³/mol. The number of halogens is 2. The average Bonchev–Trinajstić information content (AvgIpc) is 3.11. The van der Waals surface area contributed by atoms with Gasteiger partial charge in [-0.2, -0.15) is 0 Å². The van der Waals surface area contributed by atoms with E-state index in [0.29, 0.717) is 27.3 Å². The highest BCUT2D eigenvalue weighted by Gasteiger charge is 2.33. The van der Waals surface area contributed by atoms with E-state index in [0.717, 1.165) is 26.4 Å². The lowest BCUT2D eigenvalue weighted by molar-refractivity contribution is -0.113. The molecule has 0 unspecified atom stereocenters. The summed E-state index contributed by atoms with van der Waals surface area (Å²) in [7, 11) is 0. The Hall–Kier alpha value is -3.00. The molecule has 0 aliphatic carbocycles. The normalized spacial score (nSPS) is 14.9. The standard InChI is InChI=1S/C27H17BrFNO2S2/c28-20-11-12-24(32-16-18-7-3-6-17-5-1-2-10-23(17)18)19(13-20)14-25-26(31)30(27(33)34-25)22-9-4-8-21(29)15-22/h1-15H,16H2/b25-14+. The van der Waals surface area contributed by atoms with Gasteiger partial charge in [0.25, 0.3) is 5.91 Å². The number of carbonyl (C=O) groups is 1. The molecule has 1 aliphatic rings. The topological polar surface area (TPSA) is 29.5 Å². The van der Waals surface area contributed by atoms with Crippen LogP contribution in [-0.2, 0) is 11.4 Å². The smallest absolute Gasteiger partial charge is 0.270 e. The lowest BCUT2D eigenvalue weighted by Gasteiger charge is -2.14. The number of nitrogens with zero attached hydrogens (tertiary/aromatic N) is 1. The molecule has 5 rings (SSSR count). The van der Waals surface area contributed by atoms with E-state index in [1.54, 1.807) is 18.2 Å². The highest BCUT2D eigenvalue weighted by Crippen LogP contribution is 2.38. The molecule has 3 nitrogen and oxygen atoms in total. The zero-order valence-corrected chi connectivity index (χ0v) is 20.9. The molecule has 0 aromatic heterocycles. The first-order chi connectivity index (χ1) is 16.5. The Kier molecular flexibility index (Phi) is 6.50. The summed E-state index contributed by atoms with van der Waals surface area (Å²) in [4.78, 5) is 14.9. The summed E-state index contributed by atoms with van der Waals surface area (Å²) in [6.45, 7) is 0.383. The number of benzene rings is 4. The second-order valence-corrected chi connectivity index (χ2v) is 10.2. The van der Waals surface area contributed by atoms with Crippen LogP contribution in [0.25, 0.3) is 16.8 Å². The highest BCUT2D eigenvalue weighted by molar-refractivity contribution is 9.10. The van der Waals surface area contributed by atoms with Gasteiger partial charge in [-0.05, 0) is 58.8 Å². The van der Waals surface area contributed by atoms with Crippen molar-refractivity contribution in [1.82, 2.24) is 0 Å². The maximum absolute atomic E-state index is 13.7. The van der Waals surface area contributed by atoms with E-state index in [2.05, 4.69) is 34.1 Å². The summed E-state index contributed by atoms with van der Waals surface area (Å²) in [5.74, 6) is -0.0700. The van der Waals surface area contributed by atoms with Crippen LogP contribution in [0.15, 0.2) is 94.3 Å². The van der Waals surface area contributed by atoms with Gasteiger partial charge in [-0.3, -0.25) is 9.69 Å². The van der Waals surface area contributed by atoms with Crippen molar-refractivity contribution < 1.29 is 13.9 Å². The van der Waals surface area contributed by atoms with Gasteiger partial charge in [0, 0.05) is 10.0 Å².